The number of anilines is 1. The highest BCUT2D eigenvalue weighted by Crippen LogP contribution is 2.36. The maximum Gasteiger partial charge on any atom is 0.335 e. The lowest BCUT2D eigenvalue weighted by molar-refractivity contribution is -0.122. The Labute approximate surface area is 245 Å². The number of rotatable bonds is 7. The number of hydrogen-bond donors (Lipinski definition) is 1. The zero-order chi connectivity index (χ0) is 28.4. The first-order chi connectivity index (χ1) is 19.3. The number of halogens is 1. The van der Waals surface area contributed by atoms with Crippen LogP contribution in [0.1, 0.15) is 29.2 Å². The molecule has 1 N–H and O–H groups in total. The Hall–Kier alpha value is -4.18. The Morgan fingerprint density at radius 1 is 0.925 bits per heavy atom. The van der Waals surface area contributed by atoms with Crippen LogP contribution in [0, 0.1) is 17.4 Å². The van der Waals surface area contributed by atoms with E-state index in [1.165, 1.54) is 6.08 Å². The number of benzene rings is 4. The molecule has 0 saturated carbocycles. The molecule has 4 amide bonds. The van der Waals surface area contributed by atoms with E-state index < -0.39 is 17.8 Å². The molecule has 0 radical (unpaired) electrons. The average molecular weight is 646 g/mol. The van der Waals surface area contributed by atoms with Crippen LogP contribution in [0.5, 0.6) is 11.5 Å². The van der Waals surface area contributed by atoms with Crippen molar-refractivity contribution in [3.05, 3.63) is 104 Å². The molecule has 0 bridgehead atoms. The molecule has 7 nitrogen and oxygen atoms in total. The summed E-state index contributed by atoms with van der Waals surface area (Å²) >= 11 is 2.16. The molecular formula is C32H27IN2O5. The Morgan fingerprint density at radius 3 is 2.50 bits per heavy atom. The number of amides is 4. The van der Waals surface area contributed by atoms with Crippen molar-refractivity contribution < 1.29 is 23.9 Å². The molecule has 1 saturated heterocycles. The van der Waals surface area contributed by atoms with Gasteiger partial charge in [-0.15, -0.1) is 0 Å². The van der Waals surface area contributed by atoms with Crippen molar-refractivity contribution in [2.45, 2.75) is 27.4 Å². The van der Waals surface area contributed by atoms with Crippen molar-refractivity contribution in [3.8, 4) is 11.5 Å². The molecule has 1 fully saturated rings. The lowest BCUT2D eigenvalue weighted by atomic mass is 10.0. The third-order valence-electron chi connectivity index (χ3n) is 6.60. The van der Waals surface area contributed by atoms with Crippen LogP contribution in [0.2, 0.25) is 0 Å². The smallest absolute Gasteiger partial charge is 0.335 e. The Balaban J connectivity index is 1.48. The molecule has 4 aromatic carbocycles. The predicted molar refractivity (Wildman–Crippen MR) is 164 cm³/mol. The molecule has 1 heterocycles. The highest BCUT2D eigenvalue weighted by molar-refractivity contribution is 14.1. The van der Waals surface area contributed by atoms with E-state index in [0.717, 1.165) is 35.9 Å². The van der Waals surface area contributed by atoms with Gasteiger partial charge in [-0.25, -0.2) is 9.69 Å². The molecule has 0 aromatic heterocycles. The zero-order valence-electron chi connectivity index (χ0n) is 22.3. The fourth-order valence-corrected chi connectivity index (χ4v) is 5.43. The number of nitrogens with one attached hydrogen (secondary N) is 1. The van der Waals surface area contributed by atoms with E-state index in [9.17, 15) is 14.4 Å². The summed E-state index contributed by atoms with van der Waals surface area (Å²) in [5.74, 6) is -0.371. The van der Waals surface area contributed by atoms with Crippen molar-refractivity contribution in [1.82, 2.24) is 5.32 Å². The molecule has 5 rings (SSSR count). The first kappa shape index (κ1) is 27.4. The monoisotopic (exact) mass is 646 g/mol. The number of urea groups is 1. The molecule has 202 valence electrons. The molecule has 1 aliphatic rings. The fraction of sp³-hybridized carbons (Fsp3) is 0.156. The highest BCUT2D eigenvalue weighted by Gasteiger charge is 2.37. The van der Waals surface area contributed by atoms with Gasteiger partial charge in [0.25, 0.3) is 11.8 Å². The molecule has 4 aromatic rings. The summed E-state index contributed by atoms with van der Waals surface area (Å²) in [5.41, 5.74) is 3.52. The summed E-state index contributed by atoms with van der Waals surface area (Å²) in [4.78, 5) is 39.9. The minimum absolute atomic E-state index is 0.150. The van der Waals surface area contributed by atoms with Crippen LogP contribution in [0.3, 0.4) is 0 Å². The molecule has 0 atom stereocenters. The lowest BCUT2D eigenvalue weighted by Crippen LogP contribution is -2.54. The number of nitrogens with zero attached hydrogens (tertiary/aromatic N) is 1. The van der Waals surface area contributed by atoms with Gasteiger partial charge < -0.3 is 9.47 Å². The topological polar surface area (TPSA) is 84.9 Å². The van der Waals surface area contributed by atoms with E-state index in [1.807, 2.05) is 63.2 Å². The normalized spacial score (nSPS) is 14.6. The summed E-state index contributed by atoms with van der Waals surface area (Å²) in [6.07, 6.45) is 1.47. The Bertz CT molecular complexity index is 1690. The third-order valence-corrected chi connectivity index (χ3v) is 7.40. The van der Waals surface area contributed by atoms with E-state index in [0.29, 0.717) is 36.0 Å². The minimum Gasteiger partial charge on any atom is -0.490 e. The van der Waals surface area contributed by atoms with Crippen LogP contribution >= 0.6 is 22.6 Å². The van der Waals surface area contributed by atoms with E-state index in [1.54, 1.807) is 12.1 Å². The molecule has 8 heteroatoms. The second-order valence-corrected chi connectivity index (χ2v) is 10.6. The quantitative estimate of drug-likeness (QED) is 0.137. The first-order valence-electron chi connectivity index (χ1n) is 12.8. The van der Waals surface area contributed by atoms with Gasteiger partial charge in [0.05, 0.1) is 15.9 Å². The highest BCUT2D eigenvalue weighted by atomic mass is 127. The van der Waals surface area contributed by atoms with Crippen LogP contribution in [0.25, 0.3) is 16.8 Å². The molecule has 1 aliphatic heterocycles. The minimum atomic E-state index is -0.775. The number of ether oxygens (including phenoxy) is 2. The van der Waals surface area contributed by atoms with E-state index in [2.05, 4.69) is 46.1 Å². The van der Waals surface area contributed by atoms with Crippen LogP contribution in [0.15, 0.2) is 78.4 Å². The number of imide groups is 2. The van der Waals surface area contributed by atoms with Gasteiger partial charge in [0.15, 0.2) is 11.5 Å². The average Bonchev–Trinajstić information content (AvgIpc) is 2.92. The van der Waals surface area contributed by atoms with Crippen LogP contribution in [-0.2, 0) is 16.2 Å². The number of carbonyl (C=O) groups is 3. The lowest BCUT2D eigenvalue weighted by Gasteiger charge is -2.28. The first-order valence-corrected chi connectivity index (χ1v) is 13.9. The predicted octanol–water partition coefficient (Wildman–Crippen LogP) is 6.71. The number of carbonyl (C=O) groups excluding carboxylic acids is 3. The molecular weight excluding hydrogens is 619 g/mol. The summed E-state index contributed by atoms with van der Waals surface area (Å²) in [6.45, 7) is 6.29. The molecule has 0 spiro atoms. The summed E-state index contributed by atoms with van der Waals surface area (Å²) in [7, 11) is 0. The Morgan fingerprint density at radius 2 is 1.70 bits per heavy atom. The summed E-state index contributed by atoms with van der Waals surface area (Å²) in [6, 6.07) is 22.5. The number of barbiturate groups is 1. The van der Waals surface area contributed by atoms with E-state index >= 15 is 0 Å². The molecule has 0 unspecified atom stereocenters. The number of fused-ring (bicyclic) bond motifs is 1. The van der Waals surface area contributed by atoms with Crippen LogP contribution in [0.4, 0.5) is 10.5 Å². The number of hydrogen-bond acceptors (Lipinski definition) is 5. The second-order valence-electron chi connectivity index (χ2n) is 9.44. The Kier molecular flexibility index (Phi) is 7.88. The largest absolute Gasteiger partial charge is 0.490 e. The fourth-order valence-electron chi connectivity index (χ4n) is 4.65. The maximum atomic E-state index is 13.5. The zero-order valence-corrected chi connectivity index (χ0v) is 24.4. The third kappa shape index (κ3) is 5.44. The van der Waals surface area contributed by atoms with Gasteiger partial charge in [0.1, 0.15) is 12.2 Å². The molecule has 40 heavy (non-hydrogen) atoms. The van der Waals surface area contributed by atoms with Crippen molar-refractivity contribution in [1.29, 1.82) is 0 Å². The van der Waals surface area contributed by atoms with Gasteiger partial charge in [-0.3, -0.25) is 14.9 Å². The van der Waals surface area contributed by atoms with Gasteiger partial charge in [0.2, 0.25) is 0 Å². The second kappa shape index (κ2) is 11.5. The SMILES string of the molecule is CCOc1cc(/C=C2\C(=O)NC(=O)N(c3cc(C)ccc3C)C2=O)cc(I)c1OCc1cccc2ccccc12. The van der Waals surface area contributed by atoms with Crippen molar-refractivity contribution in [3.63, 3.8) is 0 Å². The van der Waals surface area contributed by atoms with Gasteiger partial charge in [-0.05, 0) is 101 Å². The number of aryl methyl sites for hydroxylation is 2. The standard InChI is InChI=1S/C32H27IN2O5/c1-4-39-28-17-21(16-26(33)29(28)40-18-23-10-7-9-22-8-5-6-11-24(22)23)15-25-30(36)34-32(38)35(31(25)37)27-14-19(2)12-13-20(27)3/h5-17H,4,18H2,1-3H3,(H,34,36,38)/b25-15+. The summed E-state index contributed by atoms with van der Waals surface area (Å²) < 4.78 is 12.9. The molecule has 0 aliphatic carbocycles. The van der Waals surface area contributed by atoms with Gasteiger partial charge in [0, 0.05) is 0 Å². The van der Waals surface area contributed by atoms with Crippen molar-refractivity contribution in [2.24, 2.45) is 0 Å². The maximum absolute atomic E-state index is 13.5. The van der Waals surface area contributed by atoms with Crippen LogP contribution < -0.4 is 19.7 Å². The van der Waals surface area contributed by atoms with Gasteiger partial charge in [-0.2, -0.15) is 0 Å². The van der Waals surface area contributed by atoms with E-state index in [-0.39, 0.29) is 5.57 Å². The van der Waals surface area contributed by atoms with Crippen molar-refractivity contribution >= 4 is 63.0 Å². The van der Waals surface area contributed by atoms with Gasteiger partial charge >= 0.3 is 6.03 Å². The summed E-state index contributed by atoms with van der Waals surface area (Å²) in [5, 5.41) is 4.54. The van der Waals surface area contributed by atoms with Crippen molar-refractivity contribution in [2.75, 3.05) is 11.5 Å². The van der Waals surface area contributed by atoms with Gasteiger partial charge in [-0.1, -0.05) is 54.6 Å². The van der Waals surface area contributed by atoms with Crippen LogP contribution in [-0.4, -0.2) is 24.5 Å². The van der Waals surface area contributed by atoms with E-state index in [4.69, 9.17) is 9.47 Å².